The van der Waals surface area contributed by atoms with Gasteiger partial charge in [-0.3, -0.25) is 24.7 Å². The van der Waals surface area contributed by atoms with E-state index in [0.717, 1.165) is 5.56 Å². The molecule has 1 aromatic carbocycles. The number of rotatable bonds is 9. The number of ether oxygens (including phenoxy) is 2. The lowest BCUT2D eigenvalue weighted by atomic mass is 10.1. The normalized spacial score (nSPS) is 18.4. The van der Waals surface area contributed by atoms with Crippen LogP contribution in [0.4, 0.5) is 0 Å². The molecule has 0 saturated carbocycles. The van der Waals surface area contributed by atoms with Gasteiger partial charge < -0.3 is 19.5 Å². The molecule has 0 spiro atoms. The number of Topliss-reactive ketones (excluding diaryl/α,β-unsaturated/α-hetero) is 1. The fraction of sp³-hybridized carbons (Fsp3) is 0.500. The molecule has 0 aliphatic carbocycles. The van der Waals surface area contributed by atoms with E-state index in [0.29, 0.717) is 24.5 Å². The van der Waals surface area contributed by atoms with E-state index in [-0.39, 0.29) is 44.3 Å². The molecule has 1 fully saturated rings. The fourth-order valence-electron chi connectivity index (χ4n) is 3.51. The highest BCUT2D eigenvalue weighted by Gasteiger charge is 2.28. The highest BCUT2D eigenvalue weighted by molar-refractivity contribution is 5.89. The molecule has 1 atom stereocenters. The van der Waals surface area contributed by atoms with E-state index >= 15 is 0 Å². The summed E-state index contributed by atoms with van der Waals surface area (Å²) in [4.78, 5) is 38.5. The molecule has 176 valence electrons. The molecule has 1 aromatic rings. The Hall–Kier alpha value is -3.11. The number of likely N-dealkylation sites (N-methyl/N-ethyl adjacent to an activating group) is 1. The predicted molar refractivity (Wildman–Crippen MR) is 118 cm³/mol. The molecule has 32 heavy (non-hydrogen) atoms. The van der Waals surface area contributed by atoms with Crippen molar-refractivity contribution in [2.45, 2.75) is 25.3 Å². The Kier molecular flexibility index (Phi) is 9.48. The van der Waals surface area contributed by atoms with Gasteiger partial charge in [0.2, 0.25) is 5.91 Å². The molecule has 1 aliphatic heterocycles. The highest BCUT2D eigenvalue weighted by Crippen LogP contribution is 2.27. The van der Waals surface area contributed by atoms with Crippen LogP contribution in [0.5, 0.6) is 11.5 Å². The molecule has 10 nitrogen and oxygen atoms in total. The molecular weight excluding hydrogens is 416 g/mol. The van der Waals surface area contributed by atoms with Crippen molar-refractivity contribution in [3.8, 4) is 11.5 Å². The van der Waals surface area contributed by atoms with Gasteiger partial charge in [-0.1, -0.05) is 12.6 Å². The smallest absolute Gasteiger partial charge is 0.303 e. The molecule has 1 aliphatic rings. The summed E-state index contributed by atoms with van der Waals surface area (Å²) in [6, 6.07) is 4.77. The SMILES string of the molecule is C=CN1CNC(CCC(=O)O)C(=O)N(CCc2ccc(OC)c(OC)c2)CC(=O)CN1C. The Bertz CT molecular complexity index is 831. The topological polar surface area (TPSA) is 112 Å². The summed E-state index contributed by atoms with van der Waals surface area (Å²) in [6.07, 6.45) is 2.00. The average Bonchev–Trinajstić information content (AvgIpc) is 2.77. The summed E-state index contributed by atoms with van der Waals surface area (Å²) in [6.45, 7) is 4.32. The third-order valence-electron chi connectivity index (χ3n) is 5.30. The van der Waals surface area contributed by atoms with E-state index < -0.39 is 12.0 Å². The number of benzene rings is 1. The lowest BCUT2D eigenvalue weighted by Crippen LogP contribution is -2.55. The number of carboxylic acids is 1. The minimum absolute atomic E-state index is 0.0628. The third-order valence-corrected chi connectivity index (χ3v) is 5.30. The Balaban J connectivity index is 2.21. The van der Waals surface area contributed by atoms with Crippen LogP contribution in [0.25, 0.3) is 0 Å². The maximum Gasteiger partial charge on any atom is 0.303 e. The average molecular weight is 449 g/mol. The summed E-state index contributed by atoms with van der Waals surface area (Å²) in [5, 5.41) is 15.6. The number of amides is 1. The number of ketones is 1. The molecule has 2 rings (SSSR count). The van der Waals surface area contributed by atoms with Gasteiger partial charge in [0, 0.05) is 26.2 Å². The van der Waals surface area contributed by atoms with Gasteiger partial charge in [0.25, 0.3) is 0 Å². The standard InChI is InChI=1S/C22H32N4O6/c1-5-26-15-23-18(7-9-21(28)29)22(30)25(14-17(27)13-24(26)2)11-10-16-6-8-19(31-3)20(12-16)32-4/h5-6,8,12,18,23H,1,7,9-11,13-15H2,2-4H3,(H,28,29). The van der Waals surface area contributed by atoms with Crippen molar-refractivity contribution < 1.29 is 29.0 Å². The van der Waals surface area contributed by atoms with Crippen LogP contribution in [0.1, 0.15) is 18.4 Å². The van der Waals surface area contributed by atoms with Gasteiger partial charge >= 0.3 is 5.97 Å². The molecule has 0 bridgehead atoms. The summed E-state index contributed by atoms with van der Waals surface area (Å²) >= 11 is 0. The van der Waals surface area contributed by atoms with Gasteiger partial charge in [0.1, 0.15) is 0 Å². The first-order valence-corrected chi connectivity index (χ1v) is 10.4. The number of carboxylic acid groups (broad SMARTS) is 1. The lowest BCUT2D eigenvalue weighted by molar-refractivity contribution is -0.141. The van der Waals surface area contributed by atoms with Crippen LogP contribution in [0, 0.1) is 0 Å². The van der Waals surface area contributed by atoms with Gasteiger partial charge in [-0.15, -0.1) is 0 Å². The first-order chi connectivity index (χ1) is 15.3. The van der Waals surface area contributed by atoms with E-state index in [2.05, 4.69) is 11.9 Å². The van der Waals surface area contributed by atoms with E-state index in [9.17, 15) is 14.4 Å². The van der Waals surface area contributed by atoms with Gasteiger partial charge in [-0.2, -0.15) is 0 Å². The third kappa shape index (κ3) is 6.96. The molecule has 0 aromatic heterocycles. The van der Waals surface area contributed by atoms with Crippen LogP contribution in [-0.4, -0.2) is 91.3 Å². The van der Waals surface area contributed by atoms with Crippen molar-refractivity contribution >= 4 is 17.7 Å². The van der Waals surface area contributed by atoms with Gasteiger partial charge in [0.15, 0.2) is 17.3 Å². The Morgan fingerprint density at radius 1 is 1.25 bits per heavy atom. The largest absolute Gasteiger partial charge is 0.493 e. The first kappa shape index (κ1) is 25.2. The van der Waals surface area contributed by atoms with Gasteiger partial charge in [-0.05, 0) is 30.5 Å². The van der Waals surface area contributed by atoms with Crippen molar-refractivity contribution in [1.82, 2.24) is 20.2 Å². The maximum atomic E-state index is 13.3. The molecule has 1 saturated heterocycles. The number of hydrazine groups is 1. The van der Waals surface area contributed by atoms with Crippen molar-refractivity contribution in [3.05, 3.63) is 36.5 Å². The van der Waals surface area contributed by atoms with Crippen LogP contribution in [-0.2, 0) is 20.8 Å². The predicted octanol–water partition coefficient (Wildman–Crippen LogP) is 0.730. The number of aliphatic carboxylic acids is 1. The highest BCUT2D eigenvalue weighted by atomic mass is 16.5. The summed E-state index contributed by atoms with van der Waals surface area (Å²) in [5.41, 5.74) is 0.921. The zero-order valence-corrected chi connectivity index (χ0v) is 18.9. The van der Waals surface area contributed by atoms with E-state index in [1.165, 1.54) is 4.90 Å². The zero-order chi connectivity index (χ0) is 23.7. The number of carbonyl (C=O) groups excluding carboxylic acids is 2. The van der Waals surface area contributed by atoms with Crippen LogP contribution in [0.3, 0.4) is 0 Å². The van der Waals surface area contributed by atoms with Gasteiger partial charge in [-0.25, -0.2) is 5.01 Å². The summed E-state index contributed by atoms with van der Waals surface area (Å²) < 4.78 is 10.6. The maximum absolute atomic E-state index is 13.3. The minimum atomic E-state index is -0.984. The molecular formula is C22H32N4O6. The number of nitrogens with one attached hydrogen (secondary N) is 1. The number of hydrogen-bond acceptors (Lipinski definition) is 8. The van der Waals surface area contributed by atoms with Crippen molar-refractivity contribution in [2.75, 3.05) is 47.6 Å². The Morgan fingerprint density at radius 3 is 2.59 bits per heavy atom. The fourth-order valence-corrected chi connectivity index (χ4v) is 3.51. The molecule has 10 heteroatoms. The second-order valence-electron chi connectivity index (χ2n) is 7.52. The quantitative estimate of drug-likeness (QED) is 0.565. The molecule has 1 heterocycles. The minimum Gasteiger partial charge on any atom is -0.493 e. The summed E-state index contributed by atoms with van der Waals surface area (Å²) in [5.74, 6) is -0.218. The lowest BCUT2D eigenvalue weighted by Gasteiger charge is -2.35. The van der Waals surface area contributed by atoms with Crippen LogP contribution >= 0.6 is 0 Å². The number of nitrogens with zero attached hydrogens (tertiary/aromatic N) is 3. The van der Waals surface area contributed by atoms with Crippen LogP contribution in [0.15, 0.2) is 31.0 Å². The van der Waals surface area contributed by atoms with Crippen molar-refractivity contribution in [2.24, 2.45) is 0 Å². The first-order valence-electron chi connectivity index (χ1n) is 10.4. The van der Waals surface area contributed by atoms with Gasteiger partial charge in [0.05, 0.1) is 40.0 Å². The molecule has 2 N–H and O–H groups in total. The van der Waals surface area contributed by atoms with Crippen LogP contribution in [0.2, 0.25) is 0 Å². The summed E-state index contributed by atoms with van der Waals surface area (Å²) in [7, 11) is 4.86. The molecule has 1 unspecified atom stereocenters. The van der Waals surface area contributed by atoms with Crippen molar-refractivity contribution in [3.63, 3.8) is 0 Å². The van der Waals surface area contributed by atoms with Crippen LogP contribution < -0.4 is 14.8 Å². The number of carbonyl (C=O) groups is 3. The van der Waals surface area contributed by atoms with Crippen molar-refractivity contribution in [1.29, 1.82) is 0 Å². The second kappa shape index (κ2) is 12.1. The van der Waals surface area contributed by atoms with E-state index in [1.807, 2.05) is 12.1 Å². The van der Waals surface area contributed by atoms with E-state index in [1.54, 1.807) is 43.6 Å². The molecule has 0 radical (unpaired) electrons. The second-order valence-corrected chi connectivity index (χ2v) is 7.52. The zero-order valence-electron chi connectivity index (χ0n) is 18.9. The molecule has 1 amide bonds. The number of hydrogen-bond donors (Lipinski definition) is 2. The number of methoxy groups -OCH3 is 2. The Morgan fingerprint density at radius 2 is 1.97 bits per heavy atom. The monoisotopic (exact) mass is 448 g/mol. The Labute approximate surface area is 188 Å². The van der Waals surface area contributed by atoms with E-state index in [4.69, 9.17) is 14.6 Å².